The van der Waals surface area contributed by atoms with E-state index in [9.17, 15) is 13.2 Å². The summed E-state index contributed by atoms with van der Waals surface area (Å²) in [5.41, 5.74) is 5.29. The van der Waals surface area contributed by atoms with Gasteiger partial charge in [-0.15, -0.1) is 0 Å². The van der Waals surface area contributed by atoms with E-state index in [0.717, 1.165) is 29.4 Å². The van der Waals surface area contributed by atoms with Crippen molar-refractivity contribution in [1.29, 1.82) is 0 Å². The summed E-state index contributed by atoms with van der Waals surface area (Å²) < 4.78 is 43.3. The zero-order valence-electron chi connectivity index (χ0n) is 9.65. The first-order valence-corrected chi connectivity index (χ1v) is 6.94. The summed E-state index contributed by atoms with van der Waals surface area (Å²) in [5.74, 6) is 0. The molecule has 0 saturated carbocycles. The fraction of sp³-hybridized carbons (Fsp3) is 0.273. The quantitative estimate of drug-likeness (QED) is 0.942. The third-order valence-electron chi connectivity index (χ3n) is 2.32. The molecule has 3 nitrogen and oxygen atoms in total. The summed E-state index contributed by atoms with van der Waals surface area (Å²) in [7, 11) is 0. The molecule has 0 unspecified atom stereocenters. The van der Waals surface area contributed by atoms with Crippen LogP contribution in [0, 0.1) is 0 Å². The molecule has 0 fully saturated rings. The van der Waals surface area contributed by atoms with Gasteiger partial charge in [0, 0.05) is 4.90 Å². The van der Waals surface area contributed by atoms with Crippen LogP contribution in [-0.2, 0) is 12.6 Å². The molecule has 0 atom stereocenters. The topological polar surface area (TPSA) is 51.8 Å². The molecule has 2 N–H and O–H groups in total. The largest absolute Gasteiger partial charge is 0.417 e. The van der Waals surface area contributed by atoms with Crippen molar-refractivity contribution >= 4 is 23.3 Å². The molecule has 2 aromatic rings. The highest BCUT2D eigenvalue weighted by molar-refractivity contribution is 8.01. The number of alkyl halides is 3. The lowest BCUT2D eigenvalue weighted by Crippen LogP contribution is -2.09. The summed E-state index contributed by atoms with van der Waals surface area (Å²) in [6.07, 6.45) is -2.65. The standard InChI is InChI=1S/C11H10F3N3S2/c12-11(13,14)8-5-7(3-4-15)1-2-9(8)18-10-16-6-17-19-10/h1-2,5-6H,3-4,15H2. The Kier molecular flexibility index (Phi) is 4.43. The number of halogens is 3. The lowest BCUT2D eigenvalue weighted by molar-refractivity contribution is -0.139. The van der Waals surface area contributed by atoms with Crippen molar-refractivity contribution in [2.24, 2.45) is 5.73 Å². The summed E-state index contributed by atoms with van der Waals surface area (Å²) in [6, 6.07) is 4.27. The molecule has 0 aliphatic rings. The van der Waals surface area contributed by atoms with E-state index < -0.39 is 11.7 Å². The fourth-order valence-corrected chi connectivity index (χ4v) is 3.05. The monoisotopic (exact) mass is 305 g/mol. The molecule has 0 amide bonds. The summed E-state index contributed by atoms with van der Waals surface area (Å²) in [4.78, 5) is 4.01. The second-order valence-corrected chi connectivity index (χ2v) is 5.75. The minimum absolute atomic E-state index is 0.130. The molecular formula is C11H10F3N3S2. The van der Waals surface area contributed by atoms with Gasteiger partial charge in [0.15, 0.2) is 4.34 Å². The van der Waals surface area contributed by atoms with E-state index in [1.165, 1.54) is 12.4 Å². The van der Waals surface area contributed by atoms with Crippen LogP contribution in [0.1, 0.15) is 11.1 Å². The molecule has 0 aliphatic carbocycles. The Hall–Kier alpha value is -1.12. The van der Waals surface area contributed by atoms with E-state index in [0.29, 0.717) is 22.9 Å². The van der Waals surface area contributed by atoms with Gasteiger partial charge in [0.1, 0.15) is 6.33 Å². The summed E-state index contributed by atoms with van der Waals surface area (Å²) >= 11 is 2.03. The second-order valence-electron chi connectivity index (χ2n) is 3.68. The highest BCUT2D eigenvalue weighted by Gasteiger charge is 2.34. The molecular weight excluding hydrogens is 295 g/mol. The van der Waals surface area contributed by atoms with Crippen molar-refractivity contribution in [3.63, 3.8) is 0 Å². The Morgan fingerprint density at radius 3 is 2.68 bits per heavy atom. The van der Waals surface area contributed by atoms with Crippen LogP contribution < -0.4 is 5.73 Å². The van der Waals surface area contributed by atoms with Gasteiger partial charge in [-0.1, -0.05) is 17.8 Å². The van der Waals surface area contributed by atoms with Gasteiger partial charge in [0.2, 0.25) is 0 Å². The zero-order valence-corrected chi connectivity index (χ0v) is 11.3. The predicted octanol–water partition coefficient (Wildman–Crippen LogP) is 3.21. The highest BCUT2D eigenvalue weighted by Crippen LogP contribution is 2.40. The van der Waals surface area contributed by atoms with E-state index >= 15 is 0 Å². The van der Waals surface area contributed by atoms with E-state index in [1.807, 2.05) is 0 Å². The number of hydrogen-bond donors (Lipinski definition) is 1. The molecule has 1 heterocycles. The van der Waals surface area contributed by atoms with Gasteiger partial charge in [-0.3, -0.25) is 0 Å². The Bertz CT molecular complexity index is 541. The van der Waals surface area contributed by atoms with Gasteiger partial charge in [0.25, 0.3) is 0 Å². The van der Waals surface area contributed by atoms with Crippen molar-refractivity contribution in [3.05, 3.63) is 35.7 Å². The average Bonchev–Trinajstić information content (AvgIpc) is 2.83. The average molecular weight is 305 g/mol. The molecule has 0 spiro atoms. The first kappa shape index (κ1) is 14.3. The normalized spacial score (nSPS) is 11.8. The number of nitrogens with zero attached hydrogens (tertiary/aromatic N) is 2. The van der Waals surface area contributed by atoms with Crippen molar-refractivity contribution in [1.82, 2.24) is 9.36 Å². The van der Waals surface area contributed by atoms with Gasteiger partial charge < -0.3 is 5.73 Å². The maximum Gasteiger partial charge on any atom is 0.417 e. The molecule has 8 heteroatoms. The van der Waals surface area contributed by atoms with Crippen molar-refractivity contribution in [2.75, 3.05) is 6.54 Å². The Balaban J connectivity index is 2.36. The molecule has 2 rings (SSSR count). The Morgan fingerprint density at radius 1 is 1.32 bits per heavy atom. The Morgan fingerprint density at radius 2 is 2.11 bits per heavy atom. The fourth-order valence-electron chi connectivity index (χ4n) is 1.51. The molecule has 102 valence electrons. The van der Waals surface area contributed by atoms with Gasteiger partial charge in [-0.2, -0.15) is 17.5 Å². The molecule has 0 radical (unpaired) electrons. The van der Waals surface area contributed by atoms with Gasteiger partial charge in [0.05, 0.1) is 5.56 Å². The molecule has 1 aromatic carbocycles. The smallest absolute Gasteiger partial charge is 0.330 e. The number of rotatable bonds is 4. The second kappa shape index (κ2) is 5.89. The van der Waals surface area contributed by atoms with E-state index in [4.69, 9.17) is 5.73 Å². The van der Waals surface area contributed by atoms with Crippen LogP contribution in [0.25, 0.3) is 0 Å². The van der Waals surface area contributed by atoms with E-state index in [2.05, 4.69) is 9.36 Å². The maximum atomic E-state index is 13.0. The third-order valence-corrected chi connectivity index (χ3v) is 4.11. The minimum atomic E-state index is -4.39. The van der Waals surface area contributed by atoms with Crippen LogP contribution in [-0.4, -0.2) is 15.9 Å². The number of aromatic nitrogens is 2. The third kappa shape index (κ3) is 3.68. The van der Waals surface area contributed by atoms with Crippen LogP contribution in [0.15, 0.2) is 33.8 Å². The highest BCUT2D eigenvalue weighted by atomic mass is 32.2. The molecule has 0 bridgehead atoms. The molecule has 0 saturated heterocycles. The van der Waals surface area contributed by atoms with E-state index in [-0.39, 0.29) is 4.90 Å². The van der Waals surface area contributed by atoms with Crippen LogP contribution in [0.2, 0.25) is 0 Å². The van der Waals surface area contributed by atoms with Gasteiger partial charge in [-0.05, 0) is 42.2 Å². The van der Waals surface area contributed by atoms with Crippen molar-refractivity contribution in [2.45, 2.75) is 21.8 Å². The molecule has 0 aliphatic heterocycles. The van der Waals surface area contributed by atoms with Gasteiger partial charge >= 0.3 is 6.18 Å². The van der Waals surface area contributed by atoms with Gasteiger partial charge in [-0.25, -0.2) is 4.98 Å². The van der Waals surface area contributed by atoms with Crippen LogP contribution in [0.3, 0.4) is 0 Å². The number of benzene rings is 1. The molecule has 19 heavy (non-hydrogen) atoms. The van der Waals surface area contributed by atoms with Crippen LogP contribution in [0.5, 0.6) is 0 Å². The maximum absolute atomic E-state index is 13.0. The molecule has 1 aromatic heterocycles. The lowest BCUT2D eigenvalue weighted by atomic mass is 10.1. The number of nitrogens with two attached hydrogens (primary N) is 1. The zero-order chi connectivity index (χ0) is 13.9. The lowest BCUT2D eigenvalue weighted by Gasteiger charge is -2.13. The van der Waals surface area contributed by atoms with Crippen molar-refractivity contribution < 1.29 is 13.2 Å². The number of hydrogen-bond acceptors (Lipinski definition) is 5. The van der Waals surface area contributed by atoms with E-state index in [1.54, 1.807) is 6.07 Å². The summed E-state index contributed by atoms with van der Waals surface area (Å²) in [5, 5.41) is 0. The minimum Gasteiger partial charge on any atom is -0.330 e. The SMILES string of the molecule is NCCc1ccc(Sc2ncns2)c(C(F)(F)F)c1. The van der Waals surface area contributed by atoms with Crippen LogP contribution >= 0.6 is 23.3 Å². The predicted molar refractivity (Wildman–Crippen MR) is 68.2 cm³/mol. The summed E-state index contributed by atoms with van der Waals surface area (Å²) in [6.45, 7) is 0.320. The Labute approximate surface area is 116 Å². The first-order valence-electron chi connectivity index (χ1n) is 5.35. The van der Waals surface area contributed by atoms with Crippen molar-refractivity contribution in [3.8, 4) is 0 Å². The van der Waals surface area contributed by atoms with Crippen LogP contribution in [0.4, 0.5) is 13.2 Å². The first-order chi connectivity index (χ1) is 9.00.